The van der Waals surface area contributed by atoms with Crippen molar-refractivity contribution >= 4 is 11.8 Å². The average molecular weight is 271 g/mol. The Hall–Kier alpha value is -2.35. The van der Waals surface area contributed by atoms with E-state index in [0.29, 0.717) is 13.1 Å². The summed E-state index contributed by atoms with van der Waals surface area (Å²) >= 11 is 0. The Morgan fingerprint density at radius 3 is 2.70 bits per heavy atom. The number of benzene rings is 1. The van der Waals surface area contributed by atoms with E-state index in [-0.39, 0.29) is 30.7 Å². The van der Waals surface area contributed by atoms with E-state index in [1.54, 1.807) is 0 Å². The fourth-order valence-corrected chi connectivity index (χ4v) is 1.97. The van der Waals surface area contributed by atoms with Crippen LogP contribution in [0.1, 0.15) is 18.4 Å². The minimum Gasteiger partial charge on any atom is -0.356 e. The normalized spacial score (nSPS) is 16.4. The fraction of sp³-hybridized carbons (Fsp3) is 0.400. The van der Waals surface area contributed by atoms with Gasteiger partial charge < -0.3 is 10.2 Å². The van der Waals surface area contributed by atoms with Crippen LogP contribution >= 0.6 is 0 Å². The molecule has 5 nitrogen and oxygen atoms in total. The van der Waals surface area contributed by atoms with E-state index in [9.17, 15) is 9.59 Å². The molecular weight excluding hydrogens is 254 g/mol. The molecule has 1 fully saturated rings. The zero-order valence-corrected chi connectivity index (χ0v) is 11.2. The van der Waals surface area contributed by atoms with E-state index in [2.05, 4.69) is 5.32 Å². The molecule has 2 amide bonds. The van der Waals surface area contributed by atoms with Crippen molar-refractivity contribution in [2.45, 2.75) is 25.3 Å². The van der Waals surface area contributed by atoms with Crippen molar-refractivity contribution in [2.24, 2.45) is 0 Å². The molecule has 1 heterocycles. The van der Waals surface area contributed by atoms with Crippen LogP contribution in [0.15, 0.2) is 30.3 Å². The molecular formula is C15H17N3O2. The molecule has 20 heavy (non-hydrogen) atoms. The van der Waals surface area contributed by atoms with Gasteiger partial charge in [-0.3, -0.25) is 9.59 Å². The Kier molecular flexibility index (Phi) is 4.72. The van der Waals surface area contributed by atoms with Crippen LogP contribution in [-0.2, 0) is 16.0 Å². The lowest BCUT2D eigenvalue weighted by Crippen LogP contribution is -2.27. The molecule has 0 aliphatic carbocycles. The zero-order valence-electron chi connectivity index (χ0n) is 11.2. The number of nitrogens with one attached hydrogen (secondary N) is 1. The van der Waals surface area contributed by atoms with Crippen LogP contribution in [0.25, 0.3) is 0 Å². The third-order valence-electron chi connectivity index (χ3n) is 3.23. The van der Waals surface area contributed by atoms with Crippen LogP contribution in [0, 0.1) is 11.3 Å². The maximum atomic E-state index is 11.6. The Morgan fingerprint density at radius 1 is 1.30 bits per heavy atom. The summed E-state index contributed by atoms with van der Waals surface area (Å²) in [5.74, 6) is -0.237. The predicted octanol–water partition coefficient (Wildman–Crippen LogP) is 0.860. The molecule has 1 aliphatic rings. The smallest absolute Gasteiger partial charge is 0.224 e. The van der Waals surface area contributed by atoms with E-state index in [1.807, 2.05) is 36.4 Å². The molecule has 1 aliphatic heterocycles. The van der Waals surface area contributed by atoms with E-state index in [1.165, 1.54) is 10.5 Å². The lowest BCUT2D eigenvalue weighted by atomic mass is 10.1. The van der Waals surface area contributed by atoms with Gasteiger partial charge in [-0.1, -0.05) is 30.3 Å². The number of amides is 2. The molecule has 1 unspecified atom stereocenters. The largest absolute Gasteiger partial charge is 0.356 e. The zero-order chi connectivity index (χ0) is 14.4. The van der Waals surface area contributed by atoms with Gasteiger partial charge >= 0.3 is 0 Å². The van der Waals surface area contributed by atoms with Crippen molar-refractivity contribution < 1.29 is 9.59 Å². The van der Waals surface area contributed by atoms with E-state index < -0.39 is 0 Å². The summed E-state index contributed by atoms with van der Waals surface area (Å²) in [6, 6.07) is 11.6. The molecule has 0 aromatic heterocycles. The number of carbonyl (C=O) groups is 2. The van der Waals surface area contributed by atoms with Crippen LogP contribution in [0.5, 0.6) is 0 Å². The first kappa shape index (κ1) is 14.1. The molecule has 0 spiro atoms. The fourth-order valence-electron chi connectivity index (χ4n) is 1.97. The summed E-state index contributed by atoms with van der Waals surface area (Å²) < 4.78 is 0. The molecule has 1 aromatic rings. The highest BCUT2D eigenvalue weighted by Crippen LogP contribution is 2.17. The molecule has 1 saturated heterocycles. The number of hydrogen-bond donors (Lipinski definition) is 1. The molecule has 0 bridgehead atoms. The highest BCUT2D eigenvalue weighted by Gasteiger charge is 2.37. The number of rotatable bonds is 6. The summed E-state index contributed by atoms with van der Waals surface area (Å²) in [4.78, 5) is 24.6. The van der Waals surface area contributed by atoms with Crippen LogP contribution in [0.2, 0.25) is 0 Å². The summed E-state index contributed by atoms with van der Waals surface area (Å²) in [6.07, 6.45) is 1.14. The minimum absolute atomic E-state index is 0.116. The van der Waals surface area contributed by atoms with Crippen LogP contribution in [0.3, 0.4) is 0 Å². The Bertz CT molecular complexity index is 522. The molecule has 1 N–H and O–H groups in total. The first-order valence-corrected chi connectivity index (χ1v) is 6.70. The van der Waals surface area contributed by atoms with Gasteiger partial charge in [0.1, 0.15) is 6.04 Å². The predicted molar refractivity (Wildman–Crippen MR) is 73.5 cm³/mol. The molecule has 104 valence electrons. The van der Waals surface area contributed by atoms with Gasteiger partial charge in [-0.05, 0) is 12.0 Å². The van der Waals surface area contributed by atoms with Gasteiger partial charge in [-0.2, -0.15) is 5.26 Å². The molecule has 1 atom stereocenters. The SMILES string of the molecule is N#CC1CN1C(=O)CCC(=O)NCCc1ccccc1. The van der Waals surface area contributed by atoms with Gasteiger partial charge in [-0.15, -0.1) is 0 Å². The van der Waals surface area contributed by atoms with Gasteiger partial charge in [0, 0.05) is 19.4 Å². The van der Waals surface area contributed by atoms with Gasteiger partial charge in [0.2, 0.25) is 11.8 Å². The second-order valence-electron chi connectivity index (χ2n) is 4.78. The van der Waals surface area contributed by atoms with Gasteiger partial charge in [0.15, 0.2) is 0 Å². The number of hydrogen-bond acceptors (Lipinski definition) is 3. The summed E-state index contributed by atoms with van der Waals surface area (Å²) in [5, 5.41) is 11.4. The topological polar surface area (TPSA) is 73.0 Å². The van der Waals surface area contributed by atoms with Crippen molar-refractivity contribution in [1.29, 1.82) is 5.26 Å². The minimum atomic E-state index is -0.274. The first-order valence-electron chi connectivity index (χ1n) is 6.70. The van der Waals surface area contributed by atoms with E-state index in [0.717, 1.165) is 6.42 Å². The summed E-state index contributed by atoms with van der Waals surface area (Å²) in [5.41, 5.74) is 1.17. The van der Waals surface area contributed by atoms with E-state index in [4.69, 9.17) is 5.26 Å². The Labute approximate surface area is 118 Å². The van der Waals surface area contributed by atoms with Crippen LogP contribution in [0.4, 0.5) is 0 Å². The average Bonchev–Trinajstić information content (AvgIpc) is 3.25. The third kappa shape index (κ3) is 4.09. The molecule has 2 rings (SSSR count). The van der Waals surface area contributed by atoms with Crippen molar-refractivity contribution in [3.63, 3.8) is 0 Å². The Morgan fingerprint density at radius 2 is 2.05 bits per heavy atom. The summed E-state index contributed by atoms with van der Waals surface area (Å²) in [7, 11) is 0. The monoisotopic (exact) mass is 271 g/mol. The molecule has 5 heteroatoms. The van der Waals surface area contributed by atoms with Gasteiger partial charge in [0.05, 0.1) is 12.6 Å². The Balaban J connectivity index is 1.59. The first-order chi connectivity index (χ1) is 9.70. The highest BCUT2D eigenvalue weighted by atomic mass is 16.2. The number of nitriles is 1. The van der Waals surface area contributed by atoms with Crippen molar-refractivity contribution in [2.75, 3.05) is 13.1 Å². The maximum Gasteiger partial charge on any atom is 0.224 e. The quantitative estimate of drug-likeness (QED) is 0.780. The maximum absolute atomic E-state index is 11.6. The van der Waals surface area contributed by atoms with Crippen molar-refractivity contribution in [3.05, 3.63) is 35.9 Å². The lowest BCUT2D eigenvalue weighted by molar-refractivity contribution is -0.129. The number of carbonyl (C=O) groups excluding carboxylic acids is 2. The summed E-state index contributed by atoms with van der Waals surface area (Å²) in [6.45, 7) is 1.08. The van der Waals surface area contributed by atoms with Gasteiger partial charge in [-0.25, -0.2) is 0 Å². The highest BCUT2D eigenvalue weighted by molar-refractivity contribution is 5.85. The van der Waals surface area contributed by atoms with Crippen molar-refractivity contribution in [3.8, 4) is 6.07 Å². The van der Waals surface area contributed by atoms with Crippen LogP contribution in [-0.4, -0.2) is 35.8 Å². The molecule has 1 aromatic carbocycles. The van der Waals surface area contributed by atoms with Crippen LogP contribution < -0.4 is 5.32 Å². The second kappa shape index (κ2) is 6.71. The van der Waals surface area contributed by atoms with Gasteiger partial charge in [0.25, 0.3) is 0 Å². The van der Waals surface area contributed by atoms with E-state index >= 15 is 0 Å². The molecule has 0 saturated carbocycles. The lowest BCUT2D eigenvalue weighted by Gasteiger charge is -2.05. The standard InChI is InChI=1S/C15H17N3O2/c16-10-13-11-18(13)15(20)7-6-14(19)17-9-8-12-4-2-1-3-5-12/h1-5,13H,6-9,11H2,(H,17,19). The third-order valence-corrected chi connectivity index (χ3v) is 3.23. The number of nitrogens with zero attached hydrogens (tertiary/aromatic N) is 2. The van der Waals surface area contributed by atoms with Crippen molar-refractivity contribution in [1.82, 2.24) is 10.2 Å². The second-order valence-corrected chi connectivity index (χ2v) is 4.78. The molecule has 0 radical (unpaired) electrons.